The molecule has 3 rings (SSSR count). The number of hydrogen-bond acceptors (Lipinski definition) is 9. The highest BCUT2D eigenvalue weighted by molar-refractivity contribution is 5.74. The Morgan fingerprint density at radius 1 is 1.09 bits per heavy atom. The molecule has 0 aromatic carbocycles. The summed E-state index contributed by atoms with van der Waals surface area (Å²) in [5.41, 5.74) is 0.308. The minimum Gasteiger partial charge on any atom is -0.464 e. The van der Waals surface area contributed by atoms with Crippen molar-refractivity contribution in [3.05, 3.63) is 23.8 Å². The van der Waals surface area contributed by atoms with Gasteiger partial charge in [-0.2, -0.15) is 5.26 Å². The van der Waals surface area contributed by atoms with E-state index in [2.05, 4.69) is 30.1 Å². The van der Waals surface area contributed by atoms with E-state index < -0.39 is 24.3 Å². The van der Waals surface area contributed by atoms with E-state index in [9.17, 15) is 25.1 Å². The van der Waals surface area contributed by atoms with Crippen LogP contribution in [0.1, 0.15) is 79.1 Å². The normalized spacial score (nSPS) is 38.0. The highest BCUT2D eigenvalue weighted by Crippen LogP contribution is 2.38. The number of aliphatic hydroxyl groups is 2. The van der Waals surface area contributed by atoms with Crippen LogP contribution in [0.5, 0.6) is 0 Å². The lowest BCUT2D eigenvalue weighted by Gasteiger charge is -2.29. The average Bonchev–Trinajstić information content (AvgIpc) is 3.46. The summed E-state index contributed by atoms with van der Waals surface area (Å²) in [5.74, 6) is -0.719. The number of cyclic esters (lactones) is 1. The van der Waals surface area contributed by atoms with Gasteiger partial charge in [0.15, 0.2) is 0 Å². The summed E-state index contributed by atoms with van der Waals surface area (Å²) in [6, 6.07) is 2.16. The van der Waals surface area contributed by atoms with Crippen LogP contribution in [-0.2, 0) is 19.1 Å². The Balaban J connectivity index is 1.75. The molecule has 0 aromatic heterocycles. The molecule has 0 amide bonds. The summed E-state index contributed by atoms with van der Waals surface area (Å²) >= 11 is 0. The molecule has 43 heavy (non-hydrogen) atoms. The molecule has 1 saturated heterocycles. The Morgan fingerprint density at radius 2 is 1.79 bits per heavy atom. The number of rotatable bonds is 5. The molecule has 0 bridgehead atoms. The summed E-state index contributed by atoms with van der Waals surface area (Å²) in [5, 5.41) is 34.9. The lowest BCUT2D eigenvalue weighted by atomic mass is 9.82. The Kier molecular flexibility index (Phi) is 14.7. The summed E-state index contributed by atoms with van der Waals surface area (Å²) < 4.78 is 11.7. The largest absolute Gasteiger partial charge is 0.464 e. The van der Waals surface area contributed by atoms with E-state index in [1.807, 2.05) is 19.9 Å². The van der Waals surface area contributed by atoms with Crippen molar-refractivity contribution in [1.29, 1.82) is 5.26 Å². The van der Waals surface area contributed by atoms with Gasteiger partial charge in [-0.25, -0.2) is 0 Å². The summed E-state index contributed by atoms with van der Waals surface area (Å²) in [4.78, 5) is 28.6. The van der Waals surface area contributed by atoms with Crippen LogP contribution in [0.3, 0.4) is 0 Å². The van der Waals surface area contributed by atoms with Gasteiger partial charge in [-0.05, 0) is 61.9 Å². The number of piperazine rings is 1. The number of aliphatic hydroxyl groups excluding tert-OH is 2. The third-order valence-electron chi connectivity index (χ3n) is 9.65. The van der Waals surface area contributed by atoms with Gasteiger partial charge in [0, 0.05) is 45.1 Å². The molecule has 0 radical (unpaired) electrons. The maximum absolute atomic E-state index is 13.2. The van der Waals surface area contributed by atoms with E-state index in [0.29, 0.717) is 43.4 Å². The molecule has 2 fully saturated rings. The molecule has 0 aromatic rings. The number of nitriles is 1. The van der Waals surface area contributed by atoms with Crippen molar-refractivity contribution in [1.82, 2.24) is 10.2 Å². The molecular formula is C34H55N3O6. The van der Waals surface area contributed by atoms with Crippen LogP contribution in [0.25, 0.3) is 0 Å². The van der Waals surface area contributed by atoms with Gasteiger partial charge in [0.2, 0.25) is 0 Å². The van der Waals surface area contributed by atoms with Crippen molar-refractivity contribution in [3.63, 3.8) is 0 Å². The summed E-state index contributed by atoms with van der Waals surface area (Å²) in [6.07, 6.45) is 8.02. The highest BCUT2D eigenvalue weighted by atomic mass is 16.5. The zero-order valence-electron chi connectivity index (χ0n) is 26.7. The molecule has 1 aliphatic carbocycles. The fraction of sp³-hybridized carbons (Fsp3) is 0.794. The predicted molar refractivity (Wildman–Crippen MR) is 166 cm³/mol. The molecule has 3 N–H and O–H groups in total. The van der Waals surface area contributed by atoms with Gasteiger partial charge in [0.1, 0.15) is 12.7 Å². The quantitative estimate of drug-likeness (QED) is 0.400. The number of ether oxygens (including phenoxy) is 2. The van der Waals surface area contributed by atoms with Crippen molar-refractivity contribution >= 4 is 11.9 Å². The molecule has 9 heteroatoms. The second-order valence-electron chi connectivity index (χ2n) is 13.5. The van der Waals surface area contributed by atoms with Gasteiger partial charge in [-0.1, -0.05) is 46.3 Å². The van der Waals surface area contributed by atoms with Gasteiger partial charge in [-0.3, -0.25) is 14.5 Å². The fourth-order valence-electron chi connectivity index (χ4n) is 7.27. The molecule has 2 aliphatic heterocycles. The summed E-state index contributed by atoms with van der Waals surface area (Å²) in [6.45, 7) is 13.1. The lowest BCUT2D eigenvalue weighted by molar-refractivity contribution is -0.161. The van der Waals surface area contributed by atoms with Crippen LogP contribution in [0.2, 0.25) is 0 Å². The van der Waals surface area contributed by atoms with E-state index in [1.54, 1.807) is 12.2 Å². The molecule has 2 heterocycles. The number of carbonyl (C=O) groups excluding carboxylic acids is 2. The highest BCUT2D eigenvalue weighted by Gasteiger charge is 2.40. The maximum Gasteiger partial charge on any atom is 0.309 e. The van der Waals surface area contributed by atoms with Gasteiger partial charge in [0.25, 0.3) is 0 Å². The summed E-state index contributed by atoms with van der Waals surface area (Å²) in [7, 11) is 0. The second kappa shape index (κ2) is 17.9. The molecule has 3 aliphatic rings. The van der Waals surface area contributed by atoms with Crippen molar-refractivity contribution in [2.45, 2.75) is 97.4 Å². The van der Waals surface area contributed by atoms with E-state index >= 15 is 0 Å². The molecule has 0 unspecified atom stereocenters. The van der Waals surface area contributed by atoms with Crippen molar-refractivity contribution < 1.29 is 29.3 Å². The first-order chi connectivity index (χ1) is 20.6. The number of carbonyl (C=O) groups is 2. The molecule has 1 saturated carbocycles. The number of nitrogens with zero attached hydrogens (tertiary/aromatic N) is 2. The van der Waals surface area contributed by atoms with Crippen LogP contribution in [-0.4, -0.2) is 84.7 Å². The Morgan fingerprint density at radius 3 is 2.49 bits per heavy atom. The first-order valence-electron chi connectivity index (χ1n) is 16.5. The van der Waals surface area contributed by atoms with Crippen LogP contribution in [0, 0.1) is 46.8 Å². The minimum absolute atomic E-state index is 0.0751. The van der Waals surface area contributed by atoms with Crippen molar-refractivity contribution in [2.24, 2.45) is 35.5 Å². The second-order valence-corrected chi connectivity index (χ2v) is 13.5. The number of nitrogens with one attached hydrogen (secondary N) is 1. The monoisotopic (exact) mass is 601 g/mol. The zero-order chi connectivity index (χ0) is 31.4. The first-order valence-corrected chi connectivity index (χ1v) is 16.5. The molecule has 0 spiro atoms. The SMILES string of the molecule is C[C@@H]1C[C@H](C)C[C@H](C)[C@@H](O)CC(=O)O[C@H]([C@@H]2CCC[C@H]2C(=O)OCCN2CCNCC2)C/C=C/C=C(/C#N)[C@H](O)[C@@H](C)C1. The van der Waals surface area contributed by atoms with Crippen LogP contribution < -0.4 is 5.32 Å². The third kappa shape index (κ3) is 11.3. The Bertz CT molecular complexity index is 987. The Labute approximate surface area is 258 Å². The average molecular weight is 602 g/mol. The molecular weight excluding hydrogens is 546 g/mol. The van der Waals surface area contributed by atoms with Crippen LogP contribution in [0.15, 0.2) is 23.8 Å². The minimum atomic E-state index is -0.865. The van der Waals surface area contributed by atoms with E-state index in [1.165, 1.54) is 0 Å². The first kappa shape index (κ1) is 35.2. The third-order valence-corrected chi connectivity index (χ3v) is 9.65. The van der Waals surface area contributed by atoms with Crippen LogP contribution >= 0.6 is 0 Å². The smallest absolute Gasteiger partial charge is 0.309 e. The molecule has 9 atom stereocenters. The van der Waals surface area contributed by atoms with Gasteiger partial charge in [0.05, 0.1) is 36.2 Å². The van der Waals surface area contributed by atoms with E-state index in [0.717, 1.165) is 58.3 Å². The van der Waals surface area contributed by atoms with Gasteiger partial charge >= 0.3 is 11.9 Å². The standard InChI is InChI=1S/C34H55N3O6/c1-23-18-24(2)20-26(4)33(40)27(22-35)8-5-6-11-31(43-32(39)21-30(38)25(3)19-23)28-9-7-10-29(28)34(41)42-17-16-37-14-12-36-13-15-37/h5-6,8,23-26,28-31,33,36,38,40H,7,9-21H2,1-4H3/b6-5+,27-8-/t23-,24+,25-,26-,28+,29+,30-,31-,33+/m0/s1. The maximum atomic E-state index is 13.2. The van der Waals surface area contributed by atoms with Gasteiger partial charge in [-0.15, -0.1) is 0 Å². The fourth-order valence-corrected chi connectivity index (χ4v) is 7.27. The van der Waals surface area contributed by atoms with Gasteiger partial charge < -0.3 is 25.0 Å². The van der Waals surface area contributed by atoms with Crippen molar-refractivity contribution in [3.8, 4) is 6.07 Å². The van der Waals surface area contributed by atoms with Crippen molar-refractivity contribution in [2.75, 3.05) is 39.3 Å². The number of esters is 2. The molecule has 9 nitrogen and oxygen atoms in total. The van der Waals surface area contributed by atoms with E-state index in [-0.39, 0.29) is 36.1 Å². The van der Waals surface area contributed by atoms with E-state index in [4.69, 9.17) is 9.47 Å². The lowest BCUT2D eigenvalue weighted by Crippen LogP contribution is -2.45. The zero-order valence-corrected chi connectivity index (χ0v) is 26.7. The predicted octanol–water partition coefficient (Wildman–Crippen LogP) is 4.00. The molecule has 242 valence electrons. The Hall–Kier alpha value is -2.25. The topological polar surface area (TPSA) is 132 Å². The number of hydrogen-bond donors (Lipinski definition) is 3. The van der Waals surface area contributed by atoms with Crippen LogP contribution in [0.4, 0.5) is 0 Å². The number of allylic oxidation sites excluding steroid dienone is 2.